The number of fused-ring (bicyclic) bond motifs is 1. The van der Waals surface area contributed by atoms with Gasteiger partial charge >= 0.3 is 0 Å². The van der Waals surface area contributed by atoms with Crippen LogP contribution in [0.4, 0.5) is 0 Å². The Hall–Kier alpha value is -1.06. The van der Waals surface area contributed by atoms with Crippen LogP contribution < -0.4 is 5.73 Å². The summed E-state index contributed by atoms with van der Waals surface area (Å²) in [5.41, 5.74) is 8.49. The minimum Gasteiger partial charge on any atom is -0.330 e. The van der Waals surface area contributed by atoms with Crippen molar-refractivity contribution in [2.24, 2.45) is 11.1 Å². The van der Waals surface area contributed by atoms with Crippen LogP contribution in [0.2, 0.25) is 5.02 Å². The molecule has 0 unspecified atom stereocenters. The highest BCUT2D eigenvalue weighted by molar-refractivity contribution is 6.31. The van der Waals surface area contributed by atoms with Crippen LogP contribution in [0.5, 0.6) is 0 Å². The fraction of sp³-hybridized carbons (Fsp3) is 0.562. The maximum atomic E-state index is 6.14. The Bertz CT molecular complexity index is 608. The number of hydrogen-bond acceptors (Lipinski definition) is 2. The maximum Gasteiger partial charge on any atom is 0.110 e. The summed E-state index contributed by atoms with van der Waals surface area (Å²) in [6.45, 7) is 3.96. The molecule has 1 fully saturated rings. The molecule has 2 N–H and O–H groups in total. The predicted molar refractivity (Wildman–Crippen MR) is 84.1 cm³/mol. The molecule has 1 aliphatic carbocycles. The van der Waals surface area contributed by atoms with Crippen LogP contribution in [0.25, 0.3) is 11.0 Å². The van der Waals surface area contributed by atoms with Gasteiger partial charge < -0.3 is 10.3 Å². The van der Waals surface area contributed by atoms with Crippen molar-refractivity contribution in [3.63, 3.8) is 0 Å². The zero-order valence-electron chi connectivity index (χ0n) is 12.0. The van der Waals surface area contributed by atoms with E-state index in [4.69, 9.17) is 22.3 Å². The molecule has 1 heterocycles. The first kappa shape index (κ1) is 13.9. The molecular formula is C16H22ClN3. The van der Waals surface area contributed by atoms with Gasteiger partial charge in [-0.05, 0) is 49.4 Å². The number of hydrogen-bond donors (Lipinski definition) is 1. The van der Waals surface area contributed by atoms with Crippen LogP contribution in [0.15, 0.2) is 18.2 Å². The fourth-order valence-electron chi connectivity index (χ4n) is 3.22. The average molecular weight is 292 g/mol. The Morgan fingerprint density at radius 3 is 2.80 bits per heavy atom. The van der Waals surface area contributed by atoms with Gasteiger partial charge in [0.25, 0.3) is 0 Å². The van der Waals surface area contributed by atoms with Crippen molar-refractivity contribution in [2.75, 3.05) is 6.54 Å². The lowest BCUT2D eigenvalue weighted by Gasteiger charge is -2.40. The molecule has 4 heteroatoms. The molecule has 0 atom stereocenters. The third-order valence-corrected chi connectivity index (χ3v) is 4.85. The number of aryl methyl sites for hydroxylation is 1. The van der Waals surface area contributed by atoms with Crippen LogP contribution in [-0.2, 0) is 13.0 Å². The lowest BCUT2D eigenvalue weighted by atomic mass is 9.66. The van der Waals surface area contributed by atoms with E-state index in [1.807, 2.05) is 18.2 Å². The molecule has 108 valence electrons. The standard InChI is InChI=1S/C16H22ClN3/c1-2-8-20-14-9-12(17)4-5-13(14)19-15(20)10-16(11-18)6-3-7-16/h4-5,9H,2-3,6-8,10-11,18H2,1H3. The van der Waals surface area contributed by atoms with Crippen LogP contribution in [0.3, 0.4) is 0 Å². The Labute approximate surface area is 125 Å². The van der Waals surface area contributed by atoms with E-state index in [0.717, 1.165) is 42.0 Å². The molecule has 0 amide bonds. The first-order valence-electron chi connectivity index (χ1n) is 7.52. The molecule has 1 aliphatic rings. The van der Waals surface area contributed by atoms with Gasteiger partial charge in [0.2, 0.25) is 0 Å². The topological polar surface area (TPSA) is 43.8 Å². The van der Waals surface area contributed by atoms with Gasteiger partial charge in [0.1, 0.15) is 5.82 Å². The summed E-state index contributed by atoms with van der Waals surface area (Å²) >= 11 is 6.14. The summed E-state index contributed by atoms with van der Waals surface area (Å²) < 4.78 is 2.33. The van der Waals surface area contributed by atoms with Crippen molar-refractivity contribution >= 4 is 22.6 Å². The molecule has 0 aliphatic heterocycles. The normalized spacial score (nSPS) is 17.4. The first-order chi connectivity index (χ1) is 9.67. The van der Waals surface area contributed by atoms with Gasteiger partial charge in [0.15, 0.2) is 0 Å². The molecule has 1 aromatic heterocycles. The number of imidazole rings is 1. The first-order valence-corrected chi connectivity index (χ1v) is 7.90. The van der Waals surface area contributed by atoms with E-state index >= 15 is 0 Å². The number of nitrogens with zero attached hydrogens (tertiary/aromatic N) is 2. The van der Waals surface area contributed by atoms with E-state index in [1.165, 1.54) is 25.1 Å². The minimum atomic E-state index is 0.288. The highest BCUT2D eigenvalue weighted by Crippen LogP contribution is 2.43. The van der Waals surface area contributed by atoms with E-state index in [0.29, 0.717) is 0 Å². The van der Waals surface area contributed by atoms with Gasteiger partial charge in [-0.3, -0.25) is 0 Å². The molecule has 1 saturated carbocycles. The largest absolute Gasteiger partial charge is 0.330 e. The van der Waals surface area contributed by atoms with Crippen LogP contribution >= 0.6 is 11.6 Å². The lowest BCUT2D eigenvalue weighted by molar-refractivity contribution is 0.140. The number of halogens is 1. The van der Waals surface area contributed by atoms with E-state index < -0.39 is 0 Å². The molecule has 1 aromatic carbocycles. The number of benzene rings is 1. The molecule has 0 bridgehead atoms. The average Bonchev–Trinajstić information content (AvgIpc) is 2.72. The zero-order valence-corrected chi connectivity index (χ0v) is 12.8. The third-order valence-electron chi connectivity index (χ3n) is 4.62. The molecule has 0 saturated heterocycles. The van der Waals surface area contributed by atoms with Gasteiger partial charge in [-0.2, -0.15) is 0 Å². The van der Waals surface area contributed by atoms with Crippen LogP contribution in [0.1, 0.15) is 38.4 Å². The minimum absolute atomic E-state index is 0.288. The third kappa shape index (κ3) is 2.33. The number of nitrogens with two attached hydrogens (primary N) is 1. The Kier molecular flexibility index (Phi) is 3.74. The van der Waals surface area contributed by atoms with Gasteiger partial charge in [0, 0.05) is 18.0 Å². The summed E-state index contributed by atoms with van der Waals surface area (Å²) in [7, 11) is 0. The molecule has 0 radical (unpaired) electrons. The Morgan fingerprint density at radius 2 is 2.20 bits per heavy atom. The zero-order chi connectivity index (χ0) is 14.2. The second-order valence-corrected chi connectivity index (χ2v) is 6.48. The van der Waals surface area contributed by atoms with Crippen LogP contribution in [0, 0.1) is 5.41 Å². The number of rotatable bonds is 5. The quantitative estimate of drug-likeness (QED) is 0.911. The summed E-state index contributed by atoms with van der Waals surface area (Å²) in [6, 6.07) is 5.96. The van der Waals surface area contributed by atoms with Crippen molar-refractivity contribution in [3.05, 3.63) is 29.0 Å². The van der Waals surface area contributed by atoms with Crippen molar-refractivity contribution in [2.45, 2.75) is 45.6 Å². The molecule has 0 spiro atoms. The fourth-order valence-corrected chi connectivity index (χ4v) is 3.39. The van der Waals surface area contributed by atoms with Gasteiger partial charge in [-0.25, -0.2) is 4.98 Å². The number of aromatic nitrogens is 2. The maximum absolute atomic E-state index is 6.14. The molecule has 2 aromatic rings. The monoisotopic (exact) mass is 291 g/mol. The van der Waals surface area contributed by atoms with E-state index in [9.17, 15) is 0 Å². The van der Waals surface area contributed by atoms with E-state index in [-0.39, 0.29) is 5.41 Å². The van der Waals surface area contributed by atoms with Crippen molar-refractivity contribution < 1.29 is 0 Å². The second kappa shape index (κ2) is 5.38. The van der Waals surface area contributed by atoms with Crippen molar-refractivity contribution in [3.8, 4) is 0 Å². The van der Waals surface area contributed by atoms with Gasteiger partial charge in [-0.1, -0.05) is 24.9 Å². The lowest BCUT2D eigenvalue weighted by Crippen LogP contribution is -2.39. The molecule has 3 nitrogen and oxygen atoms in total. The van der Waals surface area contributed by atoms with Crippen molar-refractivity contribution in [1.82, 2.24) is 9.55 Å². The van der Waals surface area contributed by atoms with E-state index in [2.05, 4.69) is 11.5 Å². The Morgan fingerprint density at radius 1 is 1.40 bits per heavy atom. The van der Waals surface area contributed by atoms with Crippen molar-refractivity contribution in [1.29, 1.82) is 0 Å². The Balaban J connectivity index is 2.02. The van der Waals surface area contributed by atoms with Crippen LogP contribution in [-0.4, -0.2) is 16.1 Å². The molecule has 20 heavy (non-hydrogen) atoms. The van der Waals surface area contributed by atoms with Gasteiger partial charge in [-0.15, -0.1) is 0 Å². The SMILES string of the molecule is CCCn1c(CC2(CN)CCC2)nc2ccc(Cl)cc21. The highest BCUT2D eigenvalue weighted by atomic mass is 35.5. The summed E-state index contributed by atoms with van der Waals surface area (Å²) in [6.07, 6.45) is 5.87. The van der Waals surface area contributed by atoms with E-state index in [1.54, 1.807) is 0 Å². The molecule has 3 rings (SSSR count). The summed E-state index contributed by atoms with van der Waals surface area (Å²) in [5.74, 6) is 1.18. The second-order valence-electron chi connectivity index (χ2n) is 6.05. The smallest absolute Gasteiger partial charge is 0.110 e. The molecular weight excluding hydrogens is 270 g/mol. The van der Waals surface area contributed by atoms with Gasteiger partial charge in [0.05, 0.1) is 11.0 Å². The summed E-state index contributed by atoms with van der Waals surface area (Å²) in [5, 5.41) is 0.776. The highest BCUT2D eigenvalue weighted by Gasteiger charge is 2.37. The summed E-state index contributed by atoms with van der Waals surface area (Å²) in [4.78, 5) is 4.84. The predicted octanol–water partition coefficient (Wildman–Crippen LogP) is 3.77.